The van der Waals surface area contributed by atoms with Crippen LogP contribution in [0.5, 0.6) is 0 Å². The highest BCUT2D eigenvalue weighted by molar-refractivity contribution is 7.09. The van der Waals surface area contributed by atoms with Gasteiger partial charge in [-0.15, -0.1) is 22.9 Å². The zero-order valence-corrected chi connectivity index (χ0v) is 9.74. The van der Waals surface area contributed by atoms with E-state index in [9.17, 15) is 0 Å². The van der Waals surface area contributed by atoms with Crippen LogP contribution in [0.3, 0.4) is 0 Å². The van der Waals surface area contributed by atoms with Gasteiger partial charge in [-0.1, -0.05) is 13.8 Å². The predicted octanol–water partition coefficient (Wildman–Crippen LogP) is 3.59. The van der Waals surface area contributed by atoms with Crippen molar-refractivity contribution in [3.8, 4) is 0 Å². The number of aromatic nitrogens is 1. The SMILES string of the molecule is CC(C)CC(CCl)Cc1cncs1. The highest BCUT2D eigenvalue weighted by Crippen LogP contribution is 2.20. The molecule has 0 saturated heterocycles. The van der Waals surface area contributed by atoms with Gasteiger partial charge in [-0.05, 0) is 24.7 Å². The Kier molecular flexibility index (Phi) is 4.74. The summed E-state index contributed by atoms with van der Waals surface area (Å²) in [6, 6.07) is 0. The Morgan fingerprint density at radius 3 is 2.77 bits per heavy atom. The standard InChI is InChI=1S/C10H16ClNS/c1-8(2)3-9(5-11)4-10-6-12-7-13-10/h6-9H,3-5H2,1-2H3. The van der Waals surface area contributed by atoms with Gasteiger partial charge in [0.2, 0.25) is 0 Å². The number of hydrogen-bond donors (Lipinski definition) is 0. The van der Waals surface area contributed by atoms with E-state index < -0.39 is 0 Å². The van der Waals surface area contributed by atoms with Crippen LogP contribution in [0.2, 0.25) is 0 Å². The largest absolute Gasteiger partial charge is 0.253 e. The molecule has 74 valence electrons. The lowest BCUT2D eigenvalue weighted by Gasteiger charge is -2.14. The molecule has 0 aliphatic heterocycles. The van der Waals surface area contributed by atoms with Crippen molar-refractivity contribution in [3.05, 3.63) is 16.6 Å². The highest BCUT2D eigenvalue weighted by atomic mass is 35.5. The molecule has 0 aliphatic carbocycles. The van der Waals surface area contributed by atoms with Crippen molar-refractivity contribution in [3.63, 3.8) is 0 Å². The Morgan fingerprint density at radius 2 is 2.31 bits per heavy atom. The fraction of sp³-hybridized carbons (Fsp3) is 0.700. The number of alkyl halides is 1. The molecule has 0 radical (unpaired) electrons. The normalized spacial score (nSPS) is 13.5. The molecule has 0 amide bonds. The van der Waals surface area contributed by atoms with Gasteiger partial charge >= 0.3 is 0 Å². The van der Waals surface area contributed by atoms with Crippen molar-refractivity contribution in [2.75, 3.05) is 5.88 Å². The van der Waals surface area contributed by atoms with E-state index in [4.69, 9.17) is 11.6 Å². The van der Waals surface area contributed by atoms with E-state index in [1.165, 1.54) is 11.3 Å². The Morgan fingerprint density at radius 1 is 1.54 bits per heavy atom. The van der Waals surface area contributed by atoms with E-state index in [-0.39, 0.29) is 0 Å². The van der Waals surface area contributed by atoms with Crippen molar-refractivity contribution in [2.45, 2.75) is 26.7 Å². The van der Waals surface area contributed by atoms with E-state index >= 15 is 0 Å². The molecular formula is C10H16ClNS. The minimum atomic E-state index is 0.613. The number of hydrogen-bond acceptors (Lipinski definition) is 2. The van der Waals surface area contributed by atoms with Crippen LogP contribution in [0.4, 0.5) is 0 Å². The van der Waals surface area contributed by atoms with Gasteiger partial charge in [-0.3, -0.25) is 4.98 Å². The van der Waals surface area contributed by atoms with E-state index in [0.717, 1.165) is 18.2 Å². The summed E-state index contributed by atoms with van der Waals surface area (Å²) in [7, 11) is 0. The summed E-state index contributed by atoms with van der Waals surface area (Å²) >= 11 is 7.64. The average Bonchev–Trinajstić information content (AvgIpc) is 2.55. The van der Waals surface area contributed by atoms with Gasteiger partial charge in [0.05, 0.1) is 5.51 Å². The van der Waals surface area contributed by atoms with E-state index in [1.807, 2.05) is 11.7 Å². The van der Waals surface area contributed by atoms with Crippen LogP contribution in [-0.2, 0) is 6.42 Å². The lowest BCUT2D eigenvalue weighted by Crippen LogP contribution is -2.08. The second-order valence-corrected chi connectivity index (χ2v) is 5.10. The summed E-state index contributed by atoms with van der Waals surface area (Å²) in [6.07, 6.45) is 4.25. The second kappa shape index (κ2) is 5.61. The van der Waals surface area contributed by atoms with Gasteiger partial charge in [-0.2, -0.15) is 0 Å². The van der Waals surface area contributed by atoms with Gasteiger partial charge in [0.15, 0.2) is 0 Å². The number of nitrogens with zero attached hydrogens (tertiary/aromatic N) is 1. The van der Waals surface area contributed by atoms with Crippen LogP contribution in [-0.4, -0.2) is 10.9 Å². The molecule has 0 fully saturated rings. The number of halogens is 1. The molecule has 3 heteroatoms. The zero-order chi connectivity index (χ0) is 9.68. The van der Waals surface area contributed by atoms with Gasteiger partial charge in [0.25, 0.3) is 0 Å². The highest BCUT2D eigenvalue weighted by Gasteiger charge is 2.11. The van der Waals surface area contributed by atoms with Crippen LogP contribution in [0.25, 0.3) is 0 Å². The van der Waals surface area contributed by atoms with E-state index in [0.29, 0.717) is 5.92 Å². The number of thiazole rings is 1. The first kappa shape index (κ1) is 11.0. The molecule has 0 N–H and O–H groups in total. The van der Waals surface area contributed by atoms with E-state index in [2.05, 4.69) is 18.8 Å². The first-order chi connectivity index (χ1) is 6.22. The maximum absolute atomic E-state index is 5.91. The molecule has 1 unspecified atom stereocenters. The summed E-state index contributed by atoms with van der Waals surface area (Å²) in [4.78, 5) is 5.42. The van der Waals surface area contributed by atoms with Gasteiger partial charge in [0.1, 0.15) is 0 Å². The molecule has 1 rings (SSSR count). The van der Waals surface area contributed by atoms with Crippen molar-refractivity contribution < 1.29 is 0 Å². The molecule has 1 aromatic heterocycles. The van der Waals surface area contributed by atoms with Crippen molar-refractivity contribution in [1.82, 2.24) is 4.98 Å². The third-order valence-electron chi connectivity index (χ3n) is 2.00. The fourth-order valence-electron chi connectivity index (χ4n) is 1.50. The Hall–Kier alpha value is -0.0800. The van der Waals surface area contributed by atoms with Gasteiger partial charge < -0.3 is 0 Å². The molecule has 0 aromatic carbocycles. The summed E-state index contributed by atoms with van der Waals surface area (Å²) < 4.78 is 0. The van der Waals surface area contributed by atoms with Crippen molar-refractivity contribution in [2.24, 2.45) is 11.8 Å². The quantitative estimate of drug-likeness (QED) is 0.687. The van der Waals surface area contributed by atoms with Crippen LogP contribution in [0.1, 0.15) is 25.1 Å². The second-order valence-electron chi connectivity index (χ2n) is 3.82. The van der Waals surface area contributed by atoms with Gasteiger partial charge in [0, 0.05) is 17.0 Å². The molecule has 1 aromatic rings. The van der Waals surface area contributed by atoms with Gasteiger partial charge in [-0.25, -0.2) is 0 Å². The van der Waals surface area contributed by atoms with Crippen molar-refractivity contribution >= 4 is 22.9 Å². The Labute approximate surface area is 89.1 Å². The van der Waals surface area contributed by atoms with Crippen LogP contribution in [0.15, 0.2) is 11.7 Å². The van der Waals surface area contributed by atoms with Crippen LogP contribution in [0, 0.1) is 11.8 Å². The molecule has 1 atom stereocenters. The fourth-order valence-corrected chi connectivity index (χ4v) is 2.44. The maximum atomic E-state index is 5.91. The minimum absolute atomic E-state index is 0.613. The summed E-state index contributed by atoms with van der Waals surface area (Å²) in [5, 5.41) is 0. The first-order valence-electron chi connectivity index (χ1n) is 4.65. The molecule has 0 spiro atoms. The van der Waals surface area contributed by atoms with Crippen molar-refractivity contribution in [1.29, 1.82) is 0 Å². The van der Waals surface area contributed by atoms with Crippen LogP contribution < -0.4 is 0 Å². The molecule has 1 heterocycles. The smallest absolute Gasteiger partial charge is 0.0794 e. The lowest BCUT2D eigenvalue weighted by molar-refractivity contribution is 0.443. The molecule has 0 saturated carbocycles. The molecular weight excluding hydrogens is 202 g/mol. The molecule has 0 bridgehead atoms. The van der Waals surface area contributed by atoms with E-state index in [1.54, 1.807) is 11.3 Å². The Balaban J connectivity index is 2.40. The lowest BCUT2D eigenvalue weighted by atomic mass is 9.95. The monoisotopic (exact) mass is 217 g/mol. The summed E-state index contributed by atoms with van der Waals surface area (Å²) in [5.74, 6) is 2.11. The third-order valence-corrected chi connectivity index (χ3v) is 3.23. The third kappa shape index (κ3) is 4.10. The minimum Gasteiger partial charge on any atom is -0.253 e. The summed E-state index contributed by atoms with van der Waals surface area (Å²) in [5.41, 5.74) is 1.88. The summed E-state index contributed by atoms with van der Waals surface area (Å²) in [6.45, 7) is 4.48. The molecule has 0 aliphatic rings. The topological polar surface area (TPSA) is 12.9 Å². The molecule has 1 nitrogen and oxygen atoms in total. The number of rotatable bonds is 5. The average molecular weight is 218 g/mol. The Bertz CT molecular complexity index is 221. The van der Waals surface area contributed by atoms with Crippen LogP contribution >= 0.6 is 22.9 Å². The first-order valence-corrected chi connectivity index (χ1v) is 6.07. The predicted molar refractivity (Wildman–Crippen MR) is 59.5 cm³/mol. The zero-order valence-electron chi connectivity index (χ0n) is 8.16. The molecule has 13 heavy (non-hydrogen) atoms. The maximum Gasteiger partial charge on any atom is 0.0794 e.